The van der Waals surface area contributed by atoms with Gasteiger partial charge in [-0.3, -0.25) is 0 Å². The van der Waals surface area contributed by atoms with E-state index in [1.807, 2.05) is 6.92 Å². The molecule has 1 N–H and O–H groups in total. The number of nitrogens with zero attached hydrogens (tertiary/aromatic N) is 5. The van der Waals surface area contributed by atoms with E-state index in [0.717, 1.165) is 4.47 Å². The standard InChI is InChI=1S/C12H11BrN6O/c1-2-14-11-16-10(9-8(13)4-7-20-9)17-12(18-11)19-6-3-5-15-19/h3-7H,2H2,1H3,(H,14,16,17,18). The molecule has 102 valence electrons. The highest BCUT2D eigenvalue weighted by Gasteiger charge is 2.14. The van der Waals surface area contributed by atoms with Crippen molar-refractivity contribution in [1.82, 2.24) is 24.7 Å². The number of hydrogen-bond donors (Lipinski definition) is 1. The third-order valence-corrected chi connectivity index (χ3v) is 3.11. The van der Waals surface area contributed by atoms with Crippen LogP contribution in [0.4, 0.5) is 5.95 Å². The predicted molar refractivity (Wildman–Crippen MR) is 76.5 cm³/mol. The summed E-state index contributed by atoms with van der Waals surface area (Å²) < 4.78 is 7.76. The van der Waals surface area contributed by atoms with Crippen LogP contribution in [-0.2, 0) is 0 Å². The third-order valence-electron chi connectivity index (χ3n) is 2.49. The molecule has 0 amide bonds. The van der Waals surface area contributed by atoms with Crippen molar-refractivity contribution in [3.05, 3.63) is 35.3 Å². The second-order valence-corrected chi connectivity index (χ2v) is 4.72. The predicted octanol–water partition coefficient (Wildman–Crippen LogP) is 2.51. The molecule has 3 heterocycles. The molecule has 0 unspecified atom stereocenters. The second-order valence-electron chi connectivity index (χ2n) is 3.86. The largest absolute Gasteiger partial charge is 0.460 e. The molecule has 7 nitrogen and oxygen atoms in total. The Bertz CT molecular complexity index is 709. The van der Waals surface area contributed by atoms with Crippen LogP contribution in [0.15, 0.2) is 39.7 Å². The first-order chi connectivity index (χ1) is 9.78. The molecular weight excluding hydrogens is 324 g/mol. The van der Waals surface area contributed by atoms with Gasteiger partial charge in [-0.05, 0) is 35.0 Å². The van der Waals surface area contributed by atoms with Gasteiger partial charge in [0.2, 0.25) is 11.8 Å². The maximum Gasteiger partial charge on any atom is 0.256 e. The molecule has 3 aromatic rings. The molecule has 0 bridgehead atoms. The quantitative estimate of drug-likeness (QED) is 0.789. The first-order valence-electron chi connectivity index (χ1n) is 6.01. The van der Waals surface area contributed by atoms with E-state index in [9.17, 15) is 0 Å². The SMILES string of the molecule is CCNc1nc(-c2occc2Br)nc(-n2cccn2)n1. The molecule has 20 heavy (non-hydrogen) atoms. The topological polar surface area (TPSA) is 81.7 Å². The van der Waals surface area contributed by atoms with Crippen molar-refractivity contribution in [3.8, 4) is 17.5 Å². The minimum absolute atomic E-state index is 0.430. The van der Waals surface area contributed by atoms with Crippen LogP contribution in [-0.4, -0.2) is 31.3 Å². The number of hydrogen-bond acceptors (Lipinski definition) is 6. The zero-order chi connectivity index (χ0) is 13.9. The van der Waals surface area contributed by atoms with Gasteiger partial charge in [-0.1, -0.05) is 0 Å². The van der Waals surface area contributed by atoms with Crippen LogP contribution in [0.1, 0.15) is 6.92 Å². The lowest BCUT2D eigenvalue weighted by molar-refractivity contribution is 0.575. The van der Waals surface area contributed by atoms with Gasteiger partial charge in [-0.25, -0.2) is 4.68 Å². The van der Waals surface area contributed by atoms with E-state index in [1.54, 1.807) is 35.5 Å². The summed E-state index contributed by atoms with van der Waals surface area (Å²) in [4.78, 5) is 13.0. The first-order valence-corrected chi connectivity index (χ1v) is 6.80. The van der Waals surface area contributed by atoms with E-state index in [2.05, 4.69) is 41.3 Å². The van der Waals surface area contributed by atoms with Gasteiger partial charge < -0.3 is 9.73 Å². The molecule has 3 aromatic heterocycles. The van der Waals surface area contributed by atoms with Gasteiger partial charge in [-0.15, -0.1) is 0 Å². The van der Waals surface area contributed by atoms with Gasteiger partial charge in [0.25, 0.3) is 5.95 Å². The van der Waals surface area contributed by atoms with Gasteiger partial charge in [0, 0.05) is 18.9 Å². The molecule has 0 aliphatic carbocycles. The van der Waals surface area contributed by atoms with Crippen LogP contribution < -0.4 is 5.32 Å². The Morgan fingerprint density at radius 1 is 1.35 bits per heavy atom. The number of rotatable bonds is 4. The molecule has 0 atom stereocenters. The zero-order valence-corrected chi connectivity index (χ0v) is 12.2. The van der Waals surface area contributed by atoms with Crippen molar-refractivity contribution in [3.63, 3.8) is 0 Å². The maximum atomic E-state index is 5.40. The Morgan fingerprint density at radius 2 is 2.25 bits per heavy atom. The smallest absolute Gasteiger partial charge is 0.256 e. The fourth-order valence-corrected chi connectivity index (χ4v) is 2.03. The lowest BCUT2D eigenvalue weighted by Crippen LogP contribution is -2.10. The molecule has 0 saturated carbocycles. The van der Waals surface area contributed by atoms with Crippen molar-refractivity contribution in [2.75, 3.05) is 11.9 Å². The molecule has 0 saturated heterocycles. The summed E-state index contributed by atoms with van der Waals surface area (Å²) in [5.41, 5.74) is 0. The number of halogens is 1. The van der Waals surface area contributed by atoms with E-state index < -0.39 is 0 Å². The Labute approximate surface area is 123 Å². The Kier molecular flexibility index (Phi) is 3.46. The van der Waals surface area contributed by atoms with E-state index in [4.69, 9.17) is 4.42 Å². The van der Waals surface area contributed by atoms with Crippen LogP contribution in [0.25, 0.3) is 17.5 Å². The fraction of sp³-hybridized carbons (Fsp3) is 0.167. The van der Waals surface area contributed by atoms with E-state index >= 15 is 0 Å². The average Bonchev–Trinajstić information content (AvgIpc) is 3.09. The van der Waals surface area contributed by atoms with E-state index in [-0.39, 0.29) is 0 Å². The Balaban J connectivity index is 2.12. The van der Waals surface area contributed by atoms with Gasteiger partial charge in [-0.2, -0.15) is 20.1 Å². The minimum Gasteiger partial charge on any atom is -0.460 e. The summed E-state index contributed by atoms with van der Waals surface area (Å²) in [5.74, 6) is 1.91. The van der Waals surface area contributed by atoms with Gasteiger partial charge in [0.15, 0.2) is 5.76 Å². The summed E-state index contributed by atoms with van der Waals surface area (Å²) in [6.45, 7) is 2.68. The average molecular weight is 335 g/mol. The van der Waals surface area contributed by atoms with Crippen LogP contribution in [0.2, 0.25) is 0 Å². The van der Waals surface area contributed by atoms with Gasteiger partial charge >= 0.3 is 0 Å². The number of anilines is 1. The highest BCUT2D eigenvalue weighted by molar-refractivity contribution is 9.10. The summed E-state index contributed by atoms with van der Waals surface area (Å²) in [5, 5.41) is 7.20. The second kappa shape index (κ2) is 5.41. The molecule has 0 radical (unpaired) electrons. The summed E-state index contributed by atoms with van der Waals surface area (Å²) in [6.07, 6.45) is 5.01. The lowest BCUT2D eigenvalue weighted by Gasteiger charge is -2.06. The third kappa shape index (κ3) is 2.42. The van der Waals surface area contributed by atoms with Crippen LogP contribution in [0.5, 0.6) is 0 Å². The summed E-state index contributed by atoms with van der Waals surface area (Å²) in [6, 6.07) is 3.60. The monoisotopic (exact) mass is 334 g/mol. The van der Waals surface area contributed by atoms with Crippen LogP contribution in [0.3, 0.4) is 0 Å². The summed E-state index contributed by atoms with van der Waals surface area (Å²) in [7, 11) is 0. The van der Waals surface area contributed by atoms with Crippen molar-refractivity contribution in [2.24, 2.45) is 0 Å². The molecule has 8 heteroatoms. The minimum atomic E-state index is 0.430. The number of aromatic nitrogens is 5. The zero-order valence-electron chi connectivity index (χ0n) is 10.6. The molecule has 0 fully saturated rings. The first kappa shape index (κ1) is 12.8. The fourth-order valence-electron chi connectivity index (χ4n) is 1.65. The molecule has 0 aromatic carbocycles. The van der Waals surface area contributed by atoms with Gasteiger partial charge in [0.1, 0.15) is 0 Å². The molecular formula is C12H11BrN6O. The normalized spacial score (nSPS) is 10.7. The van der Waals surface area contributed by atoms with Crippen molar-refractivity contribution < 1.29 is 4.42 Å². The highest BCUT2D eigenvalue weighted by atomic mass is 79.9. The highest BCUT2D eigenvalue weighted by Crippen LogP contribution is 2.27. The number of furan rings is 1. The number of nitrogens with one attached hydrogen (secondary N) is 1. The molecule has 3 rings (SSSR count). The Morgan fingerprint density at radius 3 is 2.90 bits per heavy atom. The maximum absolute atomic E-state index is 5.40. The van der Waals surface area contributed by atoms with Crippen molar-refractivity contribution in [1.29, 1.82) is 0 Å². The lowest BCUT2D eigenvalue weighted by atomic mass is 10.4. The van der Waals surface area contributed by atoms with Crippen molar-refractivity contribution >= 4 is 21.9 Å². The summed E-state index contributed by atoms with van der Waals surface area (Å²) >= 11 is 3.40. The Hall–Kier alpha value is -2.22. The van der Waals surface area contributed by atoms with E-state index in [0.29, 0.717) is 30.0 Å². The van der Waals surface area contributed by atoms with Crippen LogP contribution >= 0.6 is 15.9 Å². The van der Waals surface area contributed by atoms with Gasteiger partial charge in [0.05, 0.1) is 10.7 Å². The van der Waals surface area contributed by atoms with Crippen molar-refractivity contribution in [2.45, 2.75) is 6.92 Å². The molecule has 0 spiro atoms. The molecule has 0 aliphatic heterocycles. The van der Waals surface area contributed by atoms with E-state index in [1.165, 1.54) is 0 Å². The van der Waals surface area contributed by atoms with Crippen LogP contribution in [0, 0.1) is 0 Å². The molecule has 0 aliphatic rings.